The lowest BCUT2D eigenvalue weighted by atomic mass is 10.2. The first-order chi connectivity index (χ1) is 6.83. The molecule has 1 aromatic rings. The van der Waals surface area contributed by atoms with E-state index in [1.807, 2.05) is 0 Å². The Labute approximate surface area is 101 Å². The minimum Gasteiger partial charge on any atom is -0.302 e. The van der Waals surface area contributed by atoms with E-state index >= 15 is 0 Å². The molecule has 0 radical (unpaired) electrons. The smallest absolute Gasteiger partial charge is 0.0230 e. The van der Waals surface area contributed by atoms with Crippen molar-refractivity contribution >= 4 is 22.6 Å². The Morgan fingerprint density at radius 3 is 2.50 bits per heavy atom. The van der Waals surface area contributed by atoms with E-state index < -0.39 is 0 Å². The summed E-state index contributed by atoms with van der Waals surface area (Å²) in [5.41, 5.74) is 1.41. The maximum atomic E-state index is 2.44. The first-order valence-electron chi connectivity index (χ1n) is 5.11. The van der Waals surface area contributed by atoms with Crippen molar-refractivity contribution in [2.24, 2.45) is 0 Å². The molecule has 2 heteroatoms. The Kier molecular flexibility index (Phi) is 6.19. The van der Waals surface area contributed by atoms with E-state index in [9.17, 15) is 0 Å². The number of unbranched alkanes of at least 4 members (excludes halogenated alkanes) is 1. The zero-order chi connectivity index (χ0) is 10.2. The largest absolute Gasteiger partial charge is 0.302 e. The molecule has 0 aliphatic rings. The Morgan fingerprint density at radius 2 is 1.86 bits per heavy atom. The second kappa shape index (κ2) is 7.23. The molecule has 0 atom stereocenters. The van der Waals surface area contributed by atoms with E-state index in [0.717, 1.165) is 6.54 Å². The molecule has 0 aromatic heterocycles. The molecule has 0 saturated carbocycles. The molecule has 0 aliphatic carbocycles. The molecule has 0 bridgehead atoms. The molecule has 1 nitrogen and oxygen atoms in total. The van der Waals surface area contributed by atoms with Gasteiger partial charge in [-0.15, -0.1) is 0 Å². The van der Waals surface area contributed by atoms with E-state index in [4.69, 9.17) is 0 Å². The molecule has 0 aliphatic heterocycles. The Balaban J connectivity index is 2.23. The van der Waals surface area contributed by atoms with Gasteiger partial charge in [-0.2, -0.15) is 0 Å². The van der Waals surface area contributed by atoms with Crippen LogP contribution in [0.4, 0.5) is 0 Å². The predicted molar refractivity (Wildman–Crippen MR) is 70.9 cm³/mol. The summed E-state index contributed by atoms with van der Waals surface area (Å²) in [7, 11) is 2.19. The monoisotopic (exact) mass is 303 g/mol. The fourth-order valence-corrected chi connectivity index (χ4v) is 1.99. The second-order valence-corrected chi connectivity index (χ2v) is 4.70. The highest BCUT2D eigenvalue weighted by Crippen LogP contribution is 2.04. The van der Waals surface area contributed by atoms with Crippen molar-refractivity contribution < 1.29 is 0 Å². The first-order valence-corrected chi connectivity index (χ1v) is 6.64. The first kappa shape index (κ1) is 12.0. The van der Waals surface area contributed by atoms with Crippen molar-refractivity contribution in [3.63, 3.8) is 0 Å². The molecular formula is C12H18IN. The molecule has 0 unspecified atom stereocenters. The predicted octanol–water partition coefficient (Wildman–Crippen LogP) is 3.33. The Bertz CT molecular complexity index is 235. The third-order valence-electron chi connectivity index (χ3n) is 2.22. The van der Waals surface area contributed by atoms with Crippen molar-refractivity contribution in [1.29, 1.82) is 0 Å². The van der Waals surface area contributed by atoms with Crippen LogP contribution in [0.3, 0.4) is 0 Å². The number of hydrogen-bond acceptors (Lipinski definition) is 1. The van der Waals surface area contributed by atoms with Gasteiger partial charge in [-0.05, 0) is 36.4 Å². The standard InChI is InChI=1S/C12H18IN/c1-14(10-6-5-9-13)11-12-7-3-2-4-8-12/h2-4,7-8H,5-6,9-11H2,1H3. The number of rotatable bonds is 6. The van der Waals surface area contributed by atoms with Crippen LogP contribution in [-0.2, 0) is 6.54 Å². The highest BCUT2D eigenvalue weighted by atomic mass is 127. The summed E-state index contributed by atoms with van der Waals surface area (Å²) in [5, 5.41) is 0. The zero-order valence-corrected chi connectivity index (χ0v) is 10.9. The highest BCUT2D eigenvalue weighted by Gasteiger charge is 1.98. The van der Waals surface area contributed by atoms with E-state index in [1.165, 1.54) is 29.4 Å². The van der Waals surface area contributed by atoms with Crippen LogP contribution in [0.2, 0.25) is 0 Å². The number of halogens is 1. The third kappa shape index (κ3) is 4.96. The lowest BCUT2D eigenvalue weighted by Crippen LogP contribution is -2.19. The van der Waals surface area contributed by atoms with Gasteiger partial charge in [0.25, 0.3) is 0 Å². The lowest BCUT2D eigenvalue weighted by Gasteiger charge is -2.16. The summed E-state index contributed by atoms with van der Waals surface area (Å²) >= 11 is 2.44. The van der Waals surface area contributed by atoms with Gasteiger partial charge in [0.05, 0.1) is 0 Å². The van der Waals surface area contributed by atoms with Crippen molar-refractivity contribution in [2.45, 2.75) is 19.4 Å². The molecule has 78 valence electrons. The summed E-state index contributed by atoms with van der Waals surface area (Å²) in [6.45, 7) is 2.28. The van der Waals surface area contributed by atoms with Crippen LogP contribution >= 0.6 is 22.6 Å². The van der Waals surface area contributed by atoms with Crippen molar-refractivity contribution in [1.82, 2.24) is 4.90 Å². The molecule has 0 spiro atoms. The van der Waals surface area contributed by atoms with Gasteiger partial charge < -0.3 is 4.90 Å². The van der Waals surface area contributed by atoms with E-state index in [1.54, 1.807) is 0 Å². The molecule has 0 N–H and O–H groups in total. The SMILES string of the molecule is CN(CCCCI)Cc1ccccc1. The van der Waals surface area contributed by atoms with Gasteiger partial charge in [-0.1, -0.05) is 52.9 Å². The maximum Gasteiger partial charge on any atom is 0.0230 e. The van der Waals surface area contributed by atoms with Gasteiger partial charge >= 0.3 is 0 Å². The van der Waals surface area contributed by atoms with Gasteiger partial charge in [0.1, 0.15) is 0 Å². The van der Waals surface area contributed by atoms with Crippen LogP contribution < -0.4 is 0 Å². The summed E-state index contributed by atoms with van der Waals surface area (Å²) in [6.07, 6.45) is 2.64. The van der Waals surface area contributed by atoms with Crippen molar-refractivity contribution in [2.75, 3.05) is 18.0 Å². The topological polar surface area (TPSA) is 3.24 Å². The fraction of sp³-hybridized carbons (Fsp3) is 0.500. The maximum absolute atomic E-state index is 2.44. The summed E-state index contributed by atoms with van der Waals surface area (Å²) in [5.74, 6) is 0. The number of hydrogen-bond donors (Lipinski definition) is 0. The van der Waals surface area contributed by atoms with Crippen LogP contribution in [-0.4, -0.2) is 22.9 Å². The number of nitrogens with zero attached hydrogens (tertiary/aromatic N) is 1. The molecular weight excluding hydrogens is 285 g/mol. The highest BCUT2D eigenvalue weighted by molar-refractivity contribution is 14.1. The summed E-state index contributed by atoms with van der Waals surface area (Å²) < 4.78 is 1.27. The molecule has 0 heterocycles. The Hall–Kier alpha value is -0.0900. The number of alkyl halides is 1. The van der Waals surface area contributed by atoms with Gasteiger partial charge in [0, 0.05) is 6.54 Å². The van der Waals surface area contributed by atoms with Crippen molar-refractivity contribution in [3.8, 4) is 0 Å². The minimum absolute atomic E-state index is 1.07. The lowest BCUT2D eigenvalue weighted by molar-refractivity contribution is 0.321. The van der Waals surface area contributed by atoms with E-state index in [2.05, 4.69) is 64.9 Å². The van der Waals surface area contributed by atoms with Crippen molar-refractivity contribution in [3.05, 3.63) is 35.9 Å². The fourth-order valence-electron chi connectivity index (χ4n) is 1.45. The molecule has 0 saturated heterocycles. The summed E-state index contributed by atoms with van der Waals surface area (Å²) in [6, 6.07) is 10.7. The average molecular weight is 303 g/mol. The second-order valence-electron chi connectivity index (χ2n) is 3.62. The van der Waals surface area contributed by atoms with Crippen LogP contribution in [0.5, 0.6) is 0 Å². The quantitative estimate of drug-likeness (QED) is 0.443. The van der Waals surface area contributed by atoms with Gasteiger partial charge in [0.2, 0.25) is 0 Å². The van der Waals surface area contributed by atoms with E-state index in [0.29, 0.717) is 0 Å². The van der Waals surface area contributed by atoms with Crippen LogP contribution in [0.1, 0.15) is 18.4 Å². The molecule has 1 rings (SSSR count). The normalized spacial score (nSPS) is 10.8. The summed E-state index contributed by atoms with van der Waals surface area (Å²) in [4.78, 5) is 2.39. The minimum atomic E-state index is 1.07. The Morgan fingerprint density at radius 1 is 1.14 bits per heavy atom. The molecule has 0 amide bonds. The van der Waals surface area contributed by atoms with Gasteiger partial charge in [-0.25, -0.2) is 0 Å². The average Bonchev–Trinajstić information content (AvgIpc) is 2.20. The third-order valence-corrected chi connectivity index (χ3v) is 2.98. The van der Waals surface area contributed by atoms with E-state index in [-0.39, 0.29) is 0 Å². The molecule has 14 heavy (non-hydrogen) atoms. The van der Waals surface area contributed by atoms with Crippen LogP contribution in [0.15, 0.2) is 30.3 Å². The zero-order valence-electron chi connectivity index (χ0n) is 8.75. The van der Waals surface area contributed by atoms with Gasteiger partial charge in [0.15, 0.2) is 0 Å². The number of benzene rings is 1. The molecule has 0 fully saturated rings. The van der Waals surface area contributed by atoms with Crippen LogP contribution in [0, 0.1) is 0 Å². The molecule has 1 aromatic carbocycles. The van der Waals surface area contributed by atoms with Gasteiger partial charge in [-0.3, -0.25) is 0 Å². The van der Waals surface area contributed by atoms with Crippen LogP contribution in [0.25, 0.3) is 0 Å².